The predicted molar refractivity (Wildman–Crippen MR) is 69.6 cm³/mol. The molecule has 4 N–H and O–H groups in total. The minimum absolute atomic E-state index is 0.0000831. The van der Waals surface area contributed by atoms with Gasteiger partial charge in [0.1, 0.15) is 0 Å². The predicted octanol–water partition coefficient (Wildman–Crippen LogP) is 1.68. The number of nitrogens with two attached hydrogens (primary N) is 1. The number of aryl methyl sites for hydroxylation is 1. The molecule has 1 amide bonds. The number of benzene rings is 1. The highest BCUT2D eigenvalue weighted by atomic mass is 16.4. The van der Waals surface area contributed by atoms with Gasteiger partial charge in [-0.2, -0.15) is 0 Å². The lowest BCUT2D eigenvalue weighted by Crippen LogP contribution is -2.21. The van der Waals surface area contributed by atoms with Crippen LogP contribution in [-0.2, 0) is 4.79 Å². The highest BCUT2D eigenvalue weighted by molar-refractivity contribution is 6.07. The van der Waals surface area contributed by atoms with Crippen molar-refractivity contribution < 1.29 is 10.0 Å². The van der Waals surface area contributed by atoms with Gasteiger partial charge >= 0.3 is 0 Å². The van der Waals surface area contributed by atoms with Crippen molar-refractivity contribution in [2.75, 3.05) is 5.32 Å². The second-order valence-electron chi connectivity index (χ2n) is 4.79. The van der Waals surface area contributed by atoms with Crippen molar-refractivity contribution in [1.29, 1.82) is 0 Å². The van der Waals surface area contributed by atoms with Crippen LogP contribution < -0.4 is 11.1 Å². The Morgan fingerprint density at radius 3 is 2.78 bits per heavy atom. The zero-order valence-electron chi connectivity index (χ0n) is 10.5. The van der Waals surface area contributed by atoms with Crippen molar-refractivity contribution in [2.45, 2.75) is 20.3 Å². The minimum Gasteiger partial charge on any atom is -0.409 e. The van der Waals surface area contributed by atoms with Crippen molar-refractivity contribution in [1.82, 2.24) is 0 Å². The number of hydrogen-bond donors (Lipinski definition) is 3. The average Bonchev–Trinajstić information content (AvgIpc) is 3.06. The van der Waals surface area contributed by atoms with Gasteiger partial charge in [0.05, 0.1) is 5.69 Å². The first kappa shape index (κ1) is 12.4. The number of oxime groups is 1. The Morgan fingerprint density at radius 2 is 2.22 bits per heavy atom. The van der Waals surface area contributed by atoms with Gasteiger partial charge in [-0.1, -0.05) is 24.2 Å². The van der Waals surface area contributed by atoms with Crippen LogP contribution in [-0.4, -0.2) is 17.0 Å². The molecule has 1 aliphatic carbocycles. The molecule has 0 heterocycles. The van der Waals surface area contributed by atoms with Crippen molar-refractivity contribution in [3.8, 4) is 0 Å². The van der Waals surface area contributed by atoms with Crippen molar-refractivity contribution in [2.24, 2.45) is 22.7 Å². The number of amidine groups is 1. The minimum atomic E-state index is 0.0000831. The Kier molecular flexibility index (Phi) is 3.23. The quantitative estimate of drug-likeness (QED) is 0.328. The van der Waals surface area contributed by atoms with Crippen LogP contribution in [0.25, 0.3) is 0 Å². The molecule has 96 valence electrons. The topological polar surface area (TPSA) is 87.7 Å². The number of carbonyl (C=O) groups is 1. The van der Waals surface area contributed by atoms with Crippen LogP contribution in [0.4, 0.5) is 5.69 Å². The third-order valence-corrected chi connectivity index (χ3v) is 3.34. The molecule has 1 aromatic rings. The summed E-state index contributed by atoms with van der Waals surface area (Å²) in [5.41, 5.74) is 7.66. The van der Waals surface area contributed by atoms with Gasteiger partial charge < -0.3 is 16.3 Å². The Labute approximate surface area is 106 Å². The molecular formula is C13H17N3O2. The number of hydrogen-bond acceptors (Lipinski definition) is 3. The number of carbonyl (C=O) groups excluding carboxylic acids is 1. The number of amides is 1. The summed E-state index contributed by atoms with van der Waals surface area (Å²) in [4.78, 5) is 11.9. The molecule has 1 fully saturated rings. The van der Waals surface area contributed by atoms with E-state index < -0.39 is 0 Å². The van der Waals surface area contributed by atoms with Crippen molar-refractivity contribution in [3.05, 3.63) is 29.3 Å². The number of nitrogens with zero attached hydrogens (tertiary/aromatic N) is 1. The van der Waals surface area contributed by atoms with E-state index in [0.29, 0.717) is 17.2 Å². The molecule has 5 heteroatoms. The fourth-order valence-corrected chi connectivity index (χ4v) is 2.07. The fraction of sp³-hybridized carbons (Fsp3) is 0.385. The summed E-state index contributed by atoms with van der Waals surface area (Å²) in [7, 11) is 0. The summed E-state index contributed by atoms with van der Waals surface area (Å²) in [6.45, 7) is 3.90. The van der Waals surface area contributed by atoms with Crippen LogP contribution in [0.1, 0.15) is 24.5 Å². The van der Waals surface area contributed by atoms with Gasteiger partial charge in [0.25, 0.3) is 0 Å². The number of rotatable bonds is 3. The Hall–Kier alpha value is -2.04. The first-order valence-corrected chi connectivity index (χ1v) is 5.93. The van der Waals surface area contributed by atoms with E-state index in [1.165, 1.54) is 0 Å². The molecule has 0 bridgehead atoms. The molecule has 2 rings (SSSR count). The van der Waals surface area contributed by atoms with Crippen LogP contribution in [0.15, 0.2) is 23.4 Å². The molecule has 1 saturated carbocycles. The van der Waals surface area contributed by atoms with E-state index in [1.54, 1.807) is 6.07 Å². The van der Waals surface area contributed by atoms with Gasteiger partial charge in [-0.15, -0.1) is 0 Å². The molecule has 2 atom stereocenters. The second-order valence-corrected chi connectivity index (χ2v) is 4.79. The number of anilines is 1. The molecule has 0 saturated heterocycles. The number of nitrogens with one attached hydrogen (secondary N) is 1. The van der Waals surface area contributed by atoms with Crippen molar-refractivity contribution in [3.63, 3.8) is 0 Å². The lowest BCUT2D eigenvalue weighted by Gasteiger charge is -2.12. The molecule has 2 unspecified atom stereocenters. The van der Waals surface area contributed by atoms with E-state index in [9.17, 15) is 4.79 Å². The van der Waals surface area contributed by atoms with Gasteiger partial charge in [0.2, 0.25) is 5.91 Å². The Morgan fingerprint density at radius 1 is 1.56 bits per heavy atom. The van der Waals surface area contributed by atoms with Gasteiger partial charge in [0.15, 0.2) is 5.84 Å². The highest BCUT2D eigenvalue weighted by Gasteiger charge is 2.39. The lowest BCUT2D eigenvalue weighted by molar-refractivity contribution is -0.117. The molecule has 0 radical (unpaired) electrons. The summed E-state index contributed by atoms with van der Waals surface area (Å²) in [6.07, 6.45) is 0.927. The molecule has 0 aliphatic heterocycles. The zero-order chi connectivity index (χ0) is 13.3. The van der Waals surface area contributed by atoms with E-state index in [-0.39, 0.29) is 17.7 Å². The average molecular weight is 247 g/mol. The maximum absolute atomic E-state index is 11.9. The fourth-order valence-electron chi connectivity index (χ4n) is 2.07. The van der Waals surface area contributed by atoms with Crippen LogP contribution in [0.3, 0.4) is 0 Å². The van der Waals surface area contributed by atoms with Crippen LogP contribution >= 0.6 is 0 Å². The summed E-state index contributed by atoms with van der Waals surface area (Å²) in [6, 6.07) is 5.43. The van der Waals surface area contributed by atoms with E-state index in [2.05, 4.69) is 10.5 Å². The molecule has 1 aliphatic rings. The van der Waals surface area contributed by atoms with Crippen molar-refractivity contribution >= 4 is 17.4 Å². The van der Waals surface area contributed by atoms with E-state index in [4.69, 9.17) is 10.9 Å². The standard InChI is InChI=1S/C13H17N3O2/c1-7-4-3-5-10(11(7)12(14)16-18)15-13(17)9-6-8(9)2/h3-5,8-9,18H,6H2,1-2H3,(H2,14,16)(H,15,17). The molecule has 1 aromatic carbocycles. The normalized spacial score (nSPS) is 22.7. The summed E-state index contributed by atoms with van der Waals surface area (Å²) >= 11 is 0. The monoisotopic (exact) mass is 247 g/mol. The SMILES string of the molecule is Cc1cccc(NC(=O)C2CC2C)c1/C(N)=N/O. The highest BCUT2D eigenvalue weighted by Crippen LogP contribution is 2.38. The Bertz CT molecular complexity index is 511. The third-order valence-electron chi connectivity index (χ3n) is 3.34. The van der Waals surface area contributed by atoms with Crippen LogP contribution in [0.2, 0.25) is 0 Å². The Balaban J connectivity index is 2.27. The molecular weight excluding hydrogens is 230 g/mol. The maximum atomic E-state index is 11.9. The second kappa shape index (κ2) is 4.68. The summed E-state index contributed by atoms with van der Waals surface area (Å²) in [5, 5.41) is 14.6. The van der Waals surface area contributed by atoms with Crippen LogP contribution in [0.5, 0.6) is 0 Å². The first-order chi connectivity index (χ1) is 8.54. The maximum Gasteiger partial charge on any atom is 0.227 e. The van der Waals surface area contributed by atoms with E-state index in [1.807, 2.05) is 26.0 Å². The molecule has 18 heavy (non-hydrogen) atoms. The van der Waals surface area contributed by atoms with Gasteiger partial charge in [-0.25, -0.2) is 0 Å². The lowest BCUT2D eigenvalue weighted by atomic mass is 10.1. The van der Waals surface area contributed by atoms with Gasteiger partial charge in [0, 0.05) is 11.5 Å². The summed E-state index contributed by atoms with van der Waals surface area (Å²) < 4.78 is 0. The summed E-state index contributed by atoms with van der Waals surface area (Å²) in [5.74, 6) is 0.542. The van der Waals surface area contributed by atoms with E-state index in [0.717, 1.165) is 12.0 Å². The van der Waals surface area contributed by atoms with Gasteiger partial charge in [-0.3, -0.25) is 4.79 Å². The van der Waals surface area contributed by atoms with Crippen LogP contribution in [0, 0.1) is 18.8 Å². The zero-order valence-corrected chi connectivity index (χ0v) is 10.5. The third kappa shape index (κ3) is 2.30. The largest absolute Gasteiger partial charge is 0.409 e. The van der Waals surface area contributed by atoms with E-state index >= 15 is 0 Å². The van der Waals surface area contributed by atoms with Gasteiger partial charge in [-0.05, 0) is 30.9 Å². The molecule has 5 nitrogen and oxygen atoms in total. The smallest absolute Gasteiger partial charge is 0.227 e. The molecule has 0 aromatic heterocycles. The molecule has 0 spiro atoms. The first-order valence-electron chi connectivity index (χ1n) is 5.93.